The monoisotopic (exact) mass is 393 g/mol. The molecule has 2 saturated carbocycles. The smallest absolute Gasteiger partial charge is 0.291 e. The van der Waals surface area contributed by atoms with E-state index in [0.29, 0.717) is 23.3 Å². The van der Waals surface area contributed by atoms with Crippen molar-refractivity contribution >= 4 is 18.3 Å². The molecule has 4 rings (SSSR count). The van der Waals surface area contributed by atoms with E-state index in [1.165, 1.54) is 18.6 Å². The van der Waals surface area contributed by atoms with E-state index in [4.69, 9.17) is 5.73 Å². The SMILES string of the molecule is Cc1nc(C(=O)NC2C3CCCC2CC(N)C3)nn1-c1ccc(F)cc1.Cl. The lowest BCUT2D eigenvalue weighted by atomic mass is 9.67. The van der Waals surface area contributed by atoms with E-state index in [2.05, 4.69) is 15.4 Å². The topological polar surface area (TPSA) is 85.8 Å². The normalized spacial score (nSPS) is 26.9. The number of amides is 1. The number of nitrogens with one attached hydrogen (secondary N) is 1. The van der Waals surface area contributed by atoms with E-state index in [0.717, 1.165) is 25.7 Å². The van der Waals surface area contributed by atoms with Gasteiger partial charge in [0.05, 0.1) is 5.69 Å². The minimum absolute atomic E-state index is 0. The van der Waals surface area contributed by atoms with E-state index in [1.807, 2.05) is 0 Å². The van der Waals surface area contributed by atoms with Crippen molar-refractivity contribution in [1.82, 2.24) is 20.1 Å². The fourth-order valence-electron chi connectivity index (χ4n) is 4.55. The van der Waals surface area contributed by atoms with Gasteiger partial charge < -0.3 is 11.1 Å². The van der Waals surface area contributed by atoms with Crippen molar-refractivity contribution in [2.75, 3.05) is 0 Å². The fraction of sp³-hybridized carbons (Fsp3) is 0.526. The number of benzene rings is 1. The second-order valence-electron chi connectivity index (χ2n) is 7.55. The number of aryl methyl sites for hydroxylation is 1. The Morgan fingerprint density at radius 2 is 1.85 bits per heavy atom. The van der Waals surface area contributed by atoms with E-state index in [9.17, 15) is 9.18 Å². The first-order valence-corrected chi connectivity index (χ1v) is 9.27. The van der Waals surface area contributed by atoms with Crippen LogP contribution in [-0.2, 0) is 0 Å². The number of fused-ring (bicyclic) bond motifs is 2. The molecule has 27 heavy (non-hydrogen) atoms. The first-order chi connectivity index (χ1) is 12.5. The van der Waals surface area contributed by atoms with Gasteiger partial charge in [-0.2, -0.15) is 0 Å². The Kier molecular flexibility index (Phi) is 5.81. The second-order valence-corrected chi connectivity index (χ2v) is 7.55. The minimum Gasteiger partial charge on any atom is -0.346 e. The quantitative estimate of drug-likeness (QED) is 0.839. The van der Waals surface area contributed by atoms with Gasteiger partial charge in [0, 0.05) is 12.1 Å². The summed E-state index contributed by atoms with van der Waals surface area (Å²) in [7, 11) is 0. The van der Waals surface area contributed by atoms with Crippen LogP contribution in [0.15, 0.2) is 24.3 Å². The van der Waals surface area contributed by atoms with Gasteiger partial charge in [0.15, 0.2) is 0 Å². The van der Waals surface area contributed by atoms with Gasteiger partial charge >= 0.3 is 0 Å². The van der Waals surface area contributed by atoms with Crippen LogP contribution in [-0.4, -0.2) is 32.8 Å². The number of hydrogen-bond acceptors (Lipinski definition) is 4. The summed E-state index contributed by atoms with van der Waals surface area (Å²) < 4.78 is 14.7. The molecule has 0 aliphatic heterocycles. The summed E-state index contributed by atoms with van der Waals surface area (Å²) in [5.74, 6) is 1.08. The average molecular weight is 394 g/mol. The number of rotatable bonds is 3. The van der Waals surface area contributed by atoms with Gasteiger partial charge in [-0.05, 0) is 68.7 Å². The second kappa shape index (κ2) is 7.94. The molecular formula is C19H25ClFN5O. The maximum absolute atomic E-state index is 13.1. The first kappa shape index (κ1) is 19.8. The zero-order chi connectivity index (χ0) is 18.3. The highest BCUT2D eigenvalue weighted by Gasteiger charge is 2.40. The molecule has 2 bridgehead atoms. The standard InChI is InChI=1S/C19H24FN5O.ClH/c1-11-22-18(24-25(11)16-7-5-14(20)6-8-16)19(26)23-17-12-3-2-4-13(17)10-15(21)9-12;/h5-8,12-13,15,17H,2-4,9-10,21H2,1H3,(H,23,26);1H. The lowest BCUT2D eigenvalue weighted by Gasteiger charge is -2.45. The van der Waals surface area contributed by atoms with Gasteiger partial charge in [0.2, 0.25) is 5.82 Å². The number of carbonyl (C=O) groups is 1. The zero-order valence-corrected chi connectivity index (χ0v) is 16.1. The van der Waals surface area contributed by atoms with Crippen molar-refractivity contribution in [1.29, 1.82) is 0 Å². The Labute approximate surface area is 164 Å². The molecule has 2 fully saturated rings. The van der Waals surface area contributed by atoms with Crippen LogP contribution in [0.2, 0.25) is 0 Å². The Morgan fingerprint density at radius 1 is 1.22 bits per heavy atom. The summed E-state index contributed by atoms with van der Waals surface area (Å²) in [6.07, 6.45) is 5.39. The number of aromatic nitrogens is 3. The van der Waals surface area contributed by atoms with Crippen molar-refractivity contribution in [3.05, 3.63) is 41.7 Å². The Hall–Kier alpha value is -1.99. The lowest BCUT2D eigenvalue weighted by molar-refractivity contribution is 0.0747. The third kappa shape index (κ3) is 3.99. The zero-order valence-electron chi connectivity index (χ0n) is 15.3. The number of nitrogens with two attached hydrogens (primary N) is 1. The minimum atomic E-state index is -0.313. The van der Waals surface area contributed by atoms with Crippen LogP contribution >= 0.6 is 12.4 Å². The molecule has 6 nitrogen and oxygen atoms in total. The van der Waals surface area contributed by atoms with Gasteiger partial charge in [-0.15, -0.1) is 17.5 Å². The molecule has 2 aliphatic carbocycles. The van der Waals surface area contributed by atoms with Crippen molar-refractivity contribution in [2.24, 2.45) is 17.6 Å². The van der Waals surface area contributed by atoms with Crippen LogP contribution < -0.4 is 11.1 Å². The van der Waals surface area contributed by atoms with Gasteiger partial charge in [0.1, 0.15) is 11.6 Å². The first-order valence-electron chi connectivity index (χ1n) is 9.27. The summed E-state index contributed by atoms with van der Waals surface area (Å²) in [5.41, 5.74) is 6.84. The van der Waals surface area contributed by atoms with Crippen LogP contribution in [0.4, 0.5) is 4.39 Å². The van der Waals surface area contributed by atoms with Crippen LogP contribution in [0.5, 0.6) is 0 Å². The predicted molar refractivity (Wildman–Crippen MR) is 103 cm³/mol. The molecule has 3 N–H and O–H groups in total. The number of halogens is 2. The summed E-state index contributed by atoms with van der Waals surface area (Å²) >= 11 is 0. The summed E-state index contributed by atoms with van der Waals surface area (Å²) in [5, 5.41) is 7.50. The maximum atomic E-state index is 13.1. The molecule has 0 radical (unpaired) electrons. The van der Waals surface area contributed by atoms with E-state index < -0.39 is 0 Å². The highest BCUT2D eigenvalue weighted by atomic mass is 35.5. The average Bonchev–Trinajstić information content (AvgIpc) is 2.98. The van der Waals surface area contributed by atoms with Crippen LogP contribution in [0.3, 0.4) is 0 Å². The van der Waals surface area contributed by atoms with Gasteiger partial charge in [0.25, 0.3) is 5.91 Å². The molecule has 2 aromatic rings. The number of nitrogens with zero attached hydrogens (tertiary/aromatic N) is 3. The molecule has 1 heterocycles. The van der Waals surface area contributed by atoms with E-state index in [1.54, 1.807) is 23.7 Å². The van der Waals surface area contributed by atoms with Crippen molar-refractivity contribution in [3.63, 3.8) is 0 Å². The van der Waals surface area contributed by atoms with Gasteiger partial charge in [-0.3, -0.25) is 4.79 Å². The summed E-state index contributed by atoms with van der Waals surface area (Å²) in [4.78, 5) is 17.0. The third-order valence-corrected chi connectivity index (χ3v) is 5.72. The Morgan fingerprint density at radius 3 is 2.48 bits per heavy atom. The van der Waals surface area contributed by atoms with E-state index in [-0.39, 0.29) is 42.0 Å². The highest BCUT2D eigenvalue weighted by Crippen LogP contribution is 2.39. The lowest BCUT2D eigenvalue weighted by Crippen LogP contribution is -2.53. The molecule has 2 aliphatic rings. The predicted octanol–water partition coefficient (Wildman–Crippen LogP) is 2.77. The Balaban J connectivity index is 0.00000210. The largest absolute Gasteiger partial charge is 0.346 e. The van der Waals surface area contributed by atoms with Crippen molar-refractivity contribution in [3.8, 4) is 5.69 Å². The molecule has 146 valence electrons. The molecule has 1 aromatic heterocycles. The highest BCUT2D eigenvalue weighted by molar-refractivity contribution is 5.90. The maximum Gasteiger partial charge on any atom is 0.291 e. The molecule has 1 amide bonds. The molecule has 0 saturated heterocycles. The van der Waals surface area contributed by atoms with Crippen LogP contribution in [0.1, 0.15) is 48.5 Å². The Bertz CT molecular complexity index is 795. The van der Waals surface area contributed by atoms with Crippen molar-refractivity contribution < 1.29 is 9.18 Å². The van der Waals surface area contributed by atoms with Gasteiger partial charge in [-0.25, -0.2) is 14.1 Å². The number of carbonyl (C=O) groups excluding carboxylic acids is 1. The molecular weight excluding hydrogens is 369 g/mol. The molecule has 0 spiro atoms. The molecule has 8 heteroatoms. The molecule has 1 aromatic carbocycles. The van der Waals surface area contributed by atoms with E-state index >= 15 is 0 Å². The fourth-order valence-corrected chi connectivity index (χ4v) is 4.55. The molecule has 2 unspecified atom stereocenters. The van der Waals surface area contributed by atoms with Gasteiger partial charge in [-0.1, -0.05) is 6.42 Å². The van der Waals surface area contributed by atoms with Crippen LogP contribution in [0, 0.1) is 24.6 Å². The molecule has 2 atom stereocenters. The van der Waals surface area contributed by atoms with Crippen molar-refractivity contribution in [2.45, 2.75) is 51.1 Å². The summed E-state index contributed by atoms with van der Waals surface area (Å²) in [6, 6.07) is 6.37. The van der Waals surface area contributed by atoms with Crippen LogP contribution in [0.25, 0.3) is 5.69 Å². The third-order valence-electron chi connectivity index (χ3n) is 5.72. The summed E-state index contributed by atoms with van der Waals surface area (Å²) in [6.45, 7) is 1.78. The number of hydrogen-bond donors (Lipinski definition) is 2.